The van der Waals surface area contributed by atoms with E-state index in [1.807, 2.05) is 0 Å². The van der Waals surface area contributed by atoms with Crippen LogP contribution in [0.3, 0.4) is 0 Å². The van der Waals surface area contributed by atoms with Gasteiger partial charge in [-0.3, -0.25) is 9.59 Å². The van der Waals surface area contributed by atoms with Gasteiger partial charge in [-0.15, -0.1) is 0 Å². The van der Waals surface area contributed by atoms with E-state index in [9.17, 15) is 14.4 Å². The van der Waals surface area contributed by atoms with Gasteiger partial charge in [0.25, 0.3) is 0 Å². The van der Waals surface area contributed by atoms with Crippen LogP contribution in [-0.4, -0.2) is 36.7 Å². The molecule has 116 valence electrons. The molecule has 2 rings (SSSR count). The fourth-order valence-electron chi connectivity index (χ4n) is 2.51. The van der Waals surface area contributed by atoms with Gasteiger partial charge >= 0.3 is 17.9 Å². The van der Waals surface area contributed by atoms with E-state index in [2.05, 4.69) is 6.58 Å². The van der Waals surface area contributed by atoms with Crippen molar-refractivity contribution in [1.82, 2.24) is 0 Å². The van der Waals surface area contributed by atoms with Crippen molar-refractivity contribution in [2.24, 2.45) is 5.92 Å². The molecule has 0 N–H and O–H groups in total. The molecule has 0 radical (unpaired) electrons. The molecule has 0 aromatic heterocycles. The molecule has 21 heavy (non-hydrogen) atoms. The summed E-state index contributed by atoms with van der Waals surface area (Å²) in [6.45, 7) is 4.84. The maximum absolute atomic E-state index is 12.1. The monoisotopic (exact) mass is 296 g/mol. The summed E-state index contributed by atoms with van der Waals surface area (Å²) < 4.78 is 15.3. The van der Waals surface area contributed by atoms with Crippen molar-refractivity contribution in [3.05, 3.63) is 12.2 Å². The molecule has 2 aliphatic rings. The molecule has 0 amide bonds. The molecular formula is C15H20O6. The Morgan fingerprint density at radius 1 is 1.19 bits per heavy atom. The van der Waals surface area contributed by atoms with Crippen molar-refractivity contribution in [2.75, 3.05) is 6.61 Å². The average Bonchev–Trinajstić information content (AvgIpc) is 2.80. The molecule has 2 fully saturated rings. The lowest BCUT2D eigenvalue weighted by Crippen LogP contribution is -2.36. The Hall–Kier alpha value is -1.85. The first kappa shape index (κ1) is 15.5. The van der Waals surface area contributed by atoms with Crippen molar-refractivity contribution < 1.29 is 28.6 Å². The van der Waals surface area contributed by atoms with Gasteiger partial charge in [0.1, 0.15) is 12.7 Å². The SMILES string of the molecule is C=C(C)C(=O)OC1COC(=O)C1C(=O)OC1CCCCC1. The van der Waals surface area contributed by atoms with Crippen LogP contribution in [0.15, 0.2) is 12.2 Å². The zero-order chi connectivity index (χ0) is 15.4. The van der Waals surface area contributed by atoms with Gasteiger partial charge in [-0.1, -0.05) is 13.0 Å². The number of carbonyl (C=O) groups is 3. The number of rotatable bonds is 4. The second-order valence-corrected chi connectivity index (χ2v) is 5.53. The molecule has 2 atom stereocenters. The summed E-state index contributed by atoms with van der Waals surface area (Å²) in [7, 11) is 0. The Morgan fingerprint density at radius 3 is 2.48 bits per heavy atom. The normalized spacial score (nSPS) is 26.0. The quantitative estimate of drug-likeness (QED) is 0.339. The first-order valence-corrected chi connectivity index (χ1v) is 7.22. The molecular weight excluding hydrogens is 276 g/mol. The standard InChI is InChI=1S/C15H20O6/c1-9(2)13(16)21-11-8-19-14(17)12(11)15(18)20-10-6-4-3-5-7-10/h10-12H,1,3-8H2,2H3. The summed E-state index contributed by atoms with van der Waals surface area (Å²) in [5.41, 5.74) is 0.203. The van der Waals surface area contributed by atoms with Crippen molar-refractivity contribution >= 4 is 17.9 Å². The van der Waals surface area contributed by atoms with Crippen molar-refractivity contribution in [3.63, 3.8) is 0 Å². The summed E-state index contributed by atoms with van der Waals surface area (Å²) in [6, 6.07) is 0. The van der Waals surface area contributed by atoms with E-state index in [0.29, 0.717) is 0 Å². The molecule has 0 aromatic rings. The second-order valence-electron chi connectivity index (χ2n) is 5.53. The zero-order valence-electron chi connectivity index (χ0n) is 12.1. The van der Waals surface area contributed by atoms with Crippen LogP contribution in [0.4, 0.5) is 0 Å². The molecule has 0 spiro atoms. The van der Waals surface area contributed by atoms with Gasteiger partial charge < -0.3 is 14.2 Å². The van der Waals surface area contributed by atoms with Crippen molar-refractivity contribution in [2.45, 2.75) is 51.2 Å². The van der Waals surface area contributed by atoms with Crippen LogP contribution in [0.5, 0.6) is 0 Å². The van der Waals surface area contributed by atoms with Crippen LogP contribution in [0.25, 0.3) is 0 Å². The minimum absolute atomic E-state index is 0.123. The van der Waals surface area contributed by atoms with Crippen LogP contribution < -0.4 is 0 Å². The highest BCUT2D eigenvalue weighted by atomic mass is 16.6. The lowest BCUT2D eigenvalue weighted by molar-refractivity contribution is -0.165. The smallest absolute Gasteiger partial charge is 0.333 e. The second kappa shape index (κ2) is 6.74. The number of cyclic esters (lactones) is 1. The van der Waals surface area contributed by atoms with Crippen molar-refractivity contribution in [3.8, 4) is 0 Å². The van der Waals surface area contributed by atoms with Gasteiger partial charge in [-0.25, -0.2) is 4.79 Å². The maximum atomic E-state index is 12.1. The summed E-state index contributed by atoms with van der Waals surface area (Å²) in [6.07, 6.45) is 3.70. The lowest BCUT2D eigenvalue weighted by Gasteiger charge is -2.23. The summed E-state index contributed by atoms with van der Waals surface area (Å²) in [4.78, 5) is 35.4. The van der Waals surface area contributed by atoms with Gasteiger partial charge in [0.2, 0.25) is 0 Å². The van der Waals surface area contributed by atoms with Crippen LogP contribution in [0.2, 0.25) is 0 Å². The van der Waals surface area contributed by atoms with Gasteiger partial charge in [0.15, 0.2) is 12.0 Å². The van der Waals surface area contributed by atoms with Crippen LogP contribution in [-0.2, 0) is 28.6 Å². The molecule has 0 bridgehead atoms. The Kier molecular flexibility index (Phi) is 4.98. The third kappa shape index (κ3) is 3.83. The molecule has 0 aromatic carbocycles. The highest BCUT2D eigenvalue weighted by Gasteiger charge is 2.46. The summed E-state index contributed by atoms with van der Waals surface area (Å²) >= 11 is 0. The fraction of sp³-hybridized carbons (Fsp3) is 0.667. The molecule has 6 heteroatoms. The number of ether oxygens (including phenoxy) is 3. The summed E-state index contributed by atoms with van der Waals surface area (Å²) in [5.74, 6) is -3.19. The van der Waals surface area contributed by atoms with E-state index in [4.69, 9.17) is 14.2 Å². The zero-order valence-corrected chi connectivity index (χ0v) is 12.1. The molecule has 1 aliphatic heterocycles. The molecule has 2 unspecified atom stereocenters. The molecule has 6 nitrogen and oxygen atoms in total. The number of carbonyl (C=O) groups excluding carboxylic acids is 3. The summed E-state index contributed by atoms with van der Waals surface area (Å²) in [5, 5.41) is 0. The number of hydrogen-bond donors (Lipinski definition) is 0. The Labute approximate surface area is 123 Å². The highest BCUT2D eigenvalue weighted by molar-refractivity contribution is 5.97. The molecule has 1 aliphatic carbocycles. The van der Waals surface area contributed by atoms with Gasteiger partial charge in [0, 0.05) is 5.57 Å². The first-order chi connectivity index (χ1) is 9.99. The van der Waals surface area contributed by atoms with E-state index in [1.54, 1.807) is 0 Å². The Morgan fingerprint density at radius 2 is 1.86 bits per heavy atom. The van der Waals surface area contributed by atoms with Gasteiger partial charge in [-0.2, -0.15) is 0 Å². The lowest BCUT2D eigenvalue weighted by atomic mass is 9.97. The van der Waals surface area contributed by atoms with Crippen LogP contribution in [0.1, 0.15) is 39.0 Å². The van der Waals surface area contributed by atoms with Crippen LogP contribution in [0, 0.1) is 5.92 Å². The van der Waals surface area contributed by atoms with E-state index in [0.717, 1.165) is 32.1 Å². The predicted molar refractivity (Wildman–Crippen MR) is 72.1 cm³/mol. The fourth-order valence-corrected chi connectivity index (χ4v) is 2.51. The Bertz CT molecular complexity index is 449. The predicted octanol–water partition coefficient (Wildman–Crippen LogP) is 1.52. The first-order valence-electron chi connectivity index (χ1n) is 7.22. The Balaban J connectivity index is 1.96. The van der Waals surface area contributed by atoms with Crippen LogP contribution >= 0.6 is 0 Å². The maximum Gasteiger partial charge on any atom is 0.333 e. The van der Waals surface area contributed by atoms with Gasteiger partial charge in [-0.05, 0) is 32.6 Å². The van der Waals surface area contributed by atoms with Crippen molar-refractivity contribution in [1.29, 1.82) is 0 Å². The highest BCUT2D eigenvalue weighted by Crippen LogP contribution is 2.25. The third-order valence-corrected chi connectivity index (χ3v) is 3.71. The van der Waals surface area contributed by atoms with E-state index in [1.165, 1.54) is 6.92 Å². The topological polar surface area (TPSA) is 78.9 Å². The number of esters is 3. The minimum atomic E-state index is -1.18. The number of hydrogen-bond acceptors (Lipinski definition) is 6. The van der Waals surface area contributed by atoms with E-state index in [-0.39, 0.29) is 18.3 Å². The largest absolute Gasteiger partial charge is 0.462 e. The van der Waals surface area contributed by atoms with Gasteiger partial charge in [0.05, 0.1) is 0 Å². The molecule has 1 saturated heterocycles. The van der Waals surface area contributed by atoms with E-state index < -0.39 is 29.9 Å². The average molecular weight is 296 g/mol. The third-order valence-electron chi connectivity index (χ3n) is 3.71. The molecule has 1 heterocycles. The molecule has 1 saturated carbocycles. The minimum Gasteiger partial charge on any atom is -0.462 e. The van der Waals surface area contributed by atoms with E-state index >= 15 is 0 Å².